The molecule has 3 N–H and O–H groups in total. The van der Waals surface area contributed by atoms with Gasteiger partial charge >= 0.3 is 5.97 Å². The van der Waals surface area contributed by atoms with Crippen molar-refractivity contribution in [1.82, 2.24) is 10.3 Å². The number of aromatic hydroxyl groups is 1. The van der Waals surface area contributed by atoms with Gasteiger partial charge < -0.3 is 20.3 Å². The Morgan fingerprint density at radius 1 is 1.23 bits per heavy atom. The summed E-state index contributed by atoms with van der Waals surface area (Å²) in [5, 5.41) is 22.7. The minimum Gasteiger partial charge on any atom is -0.505 e. The van der Waals surface area contributed by atoms with E-state index < -0.39 is 17.9 Å². The predicted octanol–water partition coefficient (Wildman–Crippen LogP) is 3.22. The lowest BCUT2D eigenvalue weighted by molar-refractivity contribution is -0.140. The maximum atomic E-state index is 12.5. The number of pyridine rings is 1. The minimum atomic E-state index is -1.17. The van der Waals surface area contributed by atoms with Crippen LogP contribution in [0.5, 0.6) is 11.5 Å². The molecular formula is C18H21ClN2O5. The molecule has 0 unspecified atom stereocenters. The quantitative estimate of drug-likeness (QED) is 0.664. The molecule has 1 heterocycles. The summed E-state index contributed by atoms with van der Waals surface area (Å²) in [7, 11) is 0. The summed E-state index contributed by atoms with van der Waals surface area (Å²) >= 11 is 6.23. The van der Waals surface area contributed by atoms with Crippen LogP contribution in [0.2, 0.25) is 5.15 Å². The first-order valence-electron chi connectivity index (χ1n) is 8.15. The molecule has 0 saturated carbocycles. The van der Waals surface area contributed by atoms with Crippen molar-refractivity contribution in [3.63, 3.8) is 0 Å². The van der Waals surface area contributed by atoms with E-state index in [1.54, 1.807) is 32.0 Å². The summed E-state index contributed by atoms with van der Waals surface area (Å²) in [6, 6.07) is 3.81. The van der Waals surface area contributed by atoms with E-state index in [0.717, 1.165) is 0 Å². The van der Waals surface area contributed by atoms with Crippen molar-refractivity contribution in [1.29, 1.82) is 0 Å². The summed E-state index contributed by atoms with van der Waals surface area (Å²) in [4.78, 5) is 27.7. The van der Waals surface area contributed by atoms with Crippen LogP contribution in [-0.4, -0.2) is 39.2 Å². The van der Waals surface area contributed by atoms with E-state index in [1.807, 2.05) is 13.8 Å². The summed E-state index contributed by atoms with van der Waals surface area (Å²) in [5.41, 5.74) is -0.337. The van der Waals surface area contributed by atoms with Crippen LogP contribution in [0.3, 0.4) is 0 Å². The number of ether oxygens (including phenoxy) is 1. The second kappa shape index (κ2) is 7.78. The van der Waals surface area contributed by atoms with Crippen molar-refractivity contribution < 1.29 is 24.5 Å². The van der Waals surface area contributed by atoms with Crippen molar-refractivity contribution in [3.05, 3.63) is 29.0 Å². The Balaban J connectivity index is 2.52. The number of aliphatic carboxylic acids is 1. The third kappa shape index (κ3) is 3.99. The molecule has 0 spiro atoms. The Hall–Kier alpha value is -2.54. The number of nitrogens with zero attached hydrogens (tertiary/aromatic N) is 1. The number of carboxylic acid groups (broad SMARTS) is 1. The van der Waals surface area contributed by atoms with E-state index in [4.69, 9.17) is 16.3 Å². The van der Waals surface area contributed by atoms with Gasteiger partial charge in [0.25, 0.3) is 5.91 Å². The fourth-order valence-electron chi connectivity index (χ4n) is 2.51. The van der Waals surface area contributed by atoms with Crippen LogP contribution in [0.25, 0.3) is 10.8 Å². The Morgan fingerprint density at radius 3 is 2.42 bits per heavy atom. The Kier molecular flexibility index (Phi) is 5.92. The highest BCUT2D eigenvalue weighted by molar-refractivity contribution is 6.35. The molecule has 1 atom stereocenters. The number of halogens is 1. The molecule has 0 bridgehead atoms. The van der Waals surface area contributed by atoms with Crippen molar-refractivity contribution in [2.75, 3.05) is 0 Å². The normalized spacial score (nSPS) is 12.4. The molecule has 26 heavy (non-hydrogen) atoms. The van der Waals surface area contributed by atoms with E-state index in [2.05, 4.69) is 10.3 Å². The number of carboxylic acids is 1. The lowest BCUT2D eigenvalue weighted by atomic mass is 10.0. The van der Waals surface area contributed by atoms with Gasteiger partial charge in [0, 0.05) is 5.39 Å². The number of hydrogen-bond acceptors (Lipinski definition) is 5. The number of rotatable bonds is 6. The van der Waals surface area contributed by atoms with E-state index in [0.29, 0.717) is 16.5 Å². The Bertz CT molecular complexity index is 851. The van der Waals surface area contributed by atoms with Crippen LogP contribution in [0.4, 0.5) is 0 Å². The van der Waals surface area contributed by atoms with Gasteiger partial charge in [0.15, 0.2) is 11.4 Å². The number of carbonyl (C=O) groups is 2. The fraction of sp³-hybridized carbons (Fsp3) is 0.389. The van der Waals surface area contributed by atoms with Crippen LogP contribution in [0.15, 0.2) is 18.2 Å². The predicted molar refractivity (Wildman–Crippen MR) is 97.9 cm³/mol. The van der Waals surface area contributed by atoms with Crippen LogP contribution in [0, 0.1) is 5.92 Å². The zero-order valence-electron chi connectivity index (χ0n) is 14.9. The van der Waals surface area contributed by atoms with Crippen molar-refractivity contribution >= 4 is 34.2 Å². The number of carbonyl (C=O) groups excluding carboxylic acids is 1. The molecule has 2 rings (SSSR count). The summed E-state index contributed by atoms with van der Waals surface area (Å²) < 4.78 is 5.68. The van der Waals surface area contributed by atoms with Gasteiger partial charge in [0.05, 0.1) is 11.5 Å². The van der Waals surface area contributed by atoms with Crippen molar-refractivity contribution in [3.8, 4) is 11.5 Å². The lowest BCUT2D eigenvalue weighted by Gasteiger charge is -2.19. The van der Waals surface area contributed by atoms with Gasteiger partial charge in [-0.2, -0.15) is 0 Å². The topological polar surface area (TPSA) is 109 Å². The molecule has 0 fully saturated rings. The van der Waals surface area contributed by atoms with Crippen LogP contribution < -0.4 is 10.1 Å². The van der Waals surface area contributed by atoms with Crippen LogP contribution >= 0.6 is 11.6 Å². The van der Waals surface area contributed by atoms with Gasteiger partial charge in [0.2, 0.25) is 0 Å². The van der Waals surface area contributed by atoms with Gasteiger partial charge in [-0.3, -0.25) is 4.79 Å². The highest BCUT2D eigenvalue weighted by Crippen LogP contribution is 2.38. The highest BCUT2D eigenvalue weighted by Gasteiger charge is 2.27. The molecule has 140 valence electrons. The monoisotopic (exact) mass is 380 g/mol. The number of nitrogens with one attached hydrogen (secondary N) is 1. The first kappa shape index (κ1) is 19.8. The Labute approximate surface area is 155 Å². The van der Waals surface area contributed by atoms with Crippen LogP contribution in [-0.2, 0) is 4.79 Å². The molecule has 2 aromatic rings. The number of hydrogen-bond donors (Lipinski definition) is 3. The van der Waals surface area contributed by atoms with Gasteiger partial charge in [0.1, 0.15) is 16.9 Å². The average Bonchev–Trinajstić information content (AvgIpc) is 2.54. The third-order valence-electron chi connectivity index (χ3n) is 3.72. The average molecular weight is 381 g/mol. The van der Waals surface area contributed by atoms with Crippen molar-refractivity contribution in [2.24, 2.45) is 5.92 Å². The molecule has 0 radical (unpaired) electrons. The molecule has 1 aromatic carbocycles. The standard InChI is InChI=1S/C18H21ClN2O5/c1-8(2)13(18(24)25)21-17(23)14-15(22)10-6-5-7-11(26-9(3)4)12(10)16(19)20-14/h5-9,13,22H,1-4H3,(H,21,23)(H,24,25)/t13-/m1/s1. The van der Waals surface area contributed by atoms with Gasteiger partial charge in [-0.05, 0) is 25.8 Å². The van der Waals surface area contributed by atoms with E-state index in [-0.39, 0.29) is 28.6 Å². The largest absolute Gasteiger partial charge is 0.505 e. The molecule has 0 aliphatic heterocycles. The van der Waals surface area contributed by atoms with E-state index in [9.17, 15) is 19.8 Å². The zero-order valence-corrected chi connectivity index (χ0v) is 15.7. The smallest absolute Gasteiger partial charge is 0.326 e. The molecule has 7 nitrogen and oxygen atoms in total. The minimum absolute atomic E-state index is 0.0179. The third-order valence-corrected chi connectivity index (χ3v) is 3.99. The summed E-state index contributed by atoms with van der Waals surface area (Å²) in [6.45, 7) is 7.02. The molecule has 0 saturated heterocycles. The number of fused-ring (bicyclic) bond motifs is 1. The van der Waals surface area contributed by atoms with Crippen molar-refractivity contribution in [2.45, 2.75) is 39.8 Å². The summed E-state index contributed by atoms with van der Waals surface area (Å²) in [5.74, 6) is -2.29. The van der Waals surface area contributed by atoms with Crippen LogP contribution in [0.1, 0.15) is 38.2 Å². The molecule has 1 amide bonds. The lowest BCUT2D eigenvalue weighted by Crippen LogP contribution is -2.44. The Morgan fingerprint density at radius 2 is 1.88 bits per heavy atom. The molecular weight excluding hydrogens is 360 g/mol. The molecule has 8 heteroatoms. The molecule has 0 aliphatic rings. The second-order valence-electron chi connectivity index (χ2n) is 6.48. The first-order valence-corrected chi connectivity index (χ1v) is 8.52. The number of benzene rings is 1. The number of aromatic nitrogens is 1. The summed E-state index contributed by atoms with van der Waals surface area (Å²) in [6.07, 6.45) is -0.121. The van der Waals surface area contributed by atoms with Gasteiger partial charge in [-0.1, -0.05) is 37.6 Å². The SMILES string of the molecule is CC(C)Oc1cccc2c(O)c(C(=O)N[C@@H](C(=O)O)C(C)C)nc(Cl)c12. The second-order valence-corrected chi connectivity index (χ2v) is 6.84. The maximum Gasteiger partial charge on any atom is 0.326 e. The molecule has 0 aliphatic carbocycles. The molecule has 1 aromatic heterocycles. The highest BCUT2D eigenvalue weighted by atomic mass is 35.5. The van der Waals surface area contributed by atoms with E-state index in [1.165, 1.54) is 0 Å². The van der Waals surface area contributed by atoms with E-state index >= 15 is 0 Å². The maximum absolute atomic E-state index is 12.5. The number of amides is 1. The van der Waals surface area contributed by atoms with Gasteiger partial charge in [-0.15, -0.1) is 0 Å². The fourth-order valence-corrected chi connectivity index (χ4v) is 2.79. The van der Waals surface area contributed by atoms with Gasteiger partial charge in [-0.25, -0.2) is 9.78 Å². The zero-order chi connectivity index (χ0) is 19.6. The first-order chi connectivity index (χ1) is 12.1.